The van der Waals surface area contributed by atoms with E-state index in [0.717, 1.165) is 22.5 Å². The summed E-state index contributed by atoms with van der Waals surface area (Å²) in [6, 6.07) is 15.6. The van der Waals surface area contributed by atoms with E-state index in [2.05, 4.69) is 46.9 Å². The van der Waals surface area contributed by atoms with Gasteiger partial charge in [0.15, 0.2) is 0 Å². The molecule has 0 unspecified atom stereocenters. The van der Waals surface area contributed by atoms with Crippen LogP contribution in [0.2, 0.25) is 0 Å². The van der Waals surface area contributed by atoms with Gasteiger partial charge in [-0.1, -0.05) is 77.9 Å². The van der Waals surface area contributed by atoms with Gasteiger partial charge in [0.05, 0.1) is 0 Å². The van der Waals surface area contributed by atoms with E-state index in [4.69, 9.17) is 0 Å². The fourth-order valence-corrected chi connectivity index (χ4v) is 3.29. The predicted molar refractivity (Wildman–Crippen MR) is 117 cm³/mol. The second-order valence-electron chi connectivity index (χ2n) is 9.22. The molecule has 2 amide bonds. The summed E-state index contributed by atoms with van der Waals surface area (Å²) < 4.78 is 0. The van der Waals surface area contributed by atoms with Crippen molar-refractivity contribution in [3.05, 3.63) is 59.7 Å². The molecule has 2 rings (SSSR count). The van der Waals surface area contributed by atoms with Crippen LogP contribution in [0.1, 0.15) is 59.6 Å². The minimum atomic E-state index is -0.212. The number of nitrogens with one attached hydrogen (secondary N) is 1. The summed E-state index contributed by atoms with van der Waals surface area (Å²) in [6.45, 7) is 14.1. The molecule has 4 heteroatoms. The Kier molecular flexibility index (Phi) is 6.33. The predicted octanol–water partition coefficient (Wildman–Crippen LogP) is 5.27. The highest BCUT2D eigenvalue weighted by molar-refractivity contribution is 6.02. The van der Waals surface area contributed by atoms with E-state index in [9.17, 15) is 9.59 Å². The average molecular weight is 381 g/mol. The topological polar surface area (TPSA) is 49.4 Å². The zero-order valence-electron chi connectivity index (χ0n) is 18.1. The largest absolute Gasteiger partial charge is 0.324 e. The first-order chi connectivity index (χ1) is 12.9. The van der Waals surface area contributed by atoms with E-state index in [-0.39, 0.29) is 29.2 Å². The summed E-state index contributed by atoms with van der Waals surface area (Å²) >= 11 is 0. The Labute approximate surface area is 169 Å². The van der Waals surface area contributed by atoms with Crippen LogP contribution >= 0.6 is 0 Å². The van der Waals surface area contributed by atoms with Gasteiger partial charge in [0.25, 0.3) is 0 Å². The molecule has 4 nitrogen and oxygen atoms in total. The molecule has 2 aromatic carbocycles. The first-order valence-corrected chi connectivity index (χ1v) is 9.68. The van der Waals surface area contributed by atoms with Crippen molar-refractivity contribution < 1.29 is 9.59 Å². The van der Waals surface area contributed by atoms with Gasteiger partial charge in [0.1, 0.15) is 6.54 Å². The standard InChI is InChI=1S/C24H32N2O2/c1-17(27)26(21-15-11-9-13-19(21)24(5,6)7)16-22(28)25-20-14-10-8-12-18(20)23(2,3)4/h8-15H,16H2,1-7H3,(H,25,28). The van der Waals surface area contributed by atoms with Crippen molar-refractivity contribution >= 4 is 23.2 Å². The maximum Gasteiger partial charge on any atom is 0.244 e. The molecule has 0 spiro atoms. The molecule has 150 valence electrons. The summed E-state index contributed by atoms with van der Waals surface area (Å²) in [4.78, 5) is 26.8. The van der Waals surface area contributed by atoms with Crippen LogP contribution in [0.3, 0.4) is 0 Å². The molecular formula is C24H32N2O2. The first-order valence-electron chi connectivity index (χ1n) is 9.68. The Balaban J connectivity index is 2.31. The lowest BCUT2D eigenvalue weighted by Crippen LogP contribution is -2.38. The fraction of sp³-hybridized carbons (Fsp3) is 0.417. The molecule has 0 saturated carbocycles. The van der Waals surface area contributed by atoms with Crippen molar-refractivity contribution in [1.82, 2.24) is 0 Å². The van der Waals surface area contributed by atoms with Crippen LogP contribution in [-0.2, 0) is 20.4 Å². The molecule has 28 heavy (non-hydrogen) atoms. The molecule has 0 atom stereocenters. The van der Waals surface area contributed by atoms with Crippen molar-refractivity contribution in [3.63, 3.8) is 0 Å². The van der Waals surface area contributed by atoms with E-state index in [1.54, 1.807) is 4.90 Å². The second-order valence-corrected chi connectivity index (χ2v) is 9.22. The quantitative estimate of drug-likeness (QED) is 0.785. The van der Waals surface area contributed by atoms with Gasteiger partial charge in [-0.2, -0.15) is 0 Å². The van der Waals surface area contributed by atoms with Gasteiger partial charge in [-0.3, -0.25) is 9.59 Å². The van der Waals surface area contributed by atoms with Gasteiger partial charge in [-0.05, 0) is 34.1 Å². The Hall–Kier alpha value is -2.62. The summed E-state index contributed by atoms with van der Waals surface area (Å²) in [5.41, 5.74) is 3.43. The number of nitrogens with zero attached hydrogens (tertiary/aromatic N) is 1. The van der Waals surface area contributed by atoms with Crippen LogP contribution < -0.4 is 10.2 Å². The van der Waals surface area contributed by atoms with E-state index < -0.39 is 0 Å². The van der Waals surface area contributed by atoms with Gasteiger partial charge in [0, 0.05) is 18.3 Å². The molecule has 0 aliphatic rings. The maximum absolute atomic E-state index is 12.8. The van der Waals surface area contributed by atoms with E-state index >= 15 is 0 Å². The number of carbonyl (C=O) groups excluding carboxylic acids is 2. The molecule has 0 aromatic heterocycles. The number of hydrogen-bond donors (Lipinski definition) is 1. The number of carbonyl (C=O) groups is 2. The highest BCUT2D eigenvalue weighted by Crippen LogP contribution is 2.32. The molecule has 1 N–H and O–H groups in total. The van der Waals surface area contributed by atoms with Crippen molar-refractivity contribution in [2.24, 2.45) is 0 Å². The molecule has 0 heterocycles. The number of para-hydroxylation sites is 2. The van der Waals surface area contributed by atoms with Gasteiger partial charge >= 0.3 is 0 Å². The zero-order valence-corrected chi connectivity index (χ0v) is 18.1. The van der Waals surface area contributed by atoms with Crippen molar-refractivity contribution in [3.8, 4) is 0 Å². The third kappa shape index (κ3) is 5.22. The normalized spacial score (nSPS) is 11.8. The highest BCUT2D eigenvalue weighted by atomic mass is 16.2. The number of amides is 2. The van der Waals surface area contributed by atoms with E-state index in [1.807, 2.05) is 48.5 Å². The molecule has 0 radical (unpaired) electrons. The van der Waals surface area contributed by atoms with Crippen LogP contribution in [-0.4, -0.2) is 18.4 Å². The second kappa shape index (κ2) is 8.17. The minimum absolute atomic E-state index is 0.0269. The first kappa shape index (κ1) is 21.7. The molecule has 0 aliphatic carbocycles. The molecule has 0 saturated heterocycles. The SMILES string of the molecule is CC(=O)N(CC(=O)Nc1ccccc1C(C)(C)C)c1ccccc1C(C)(C)C. The van der Waals surface area contributed by atoms with Crippen LogP contribution in [0.15, 0.2) is 48.5 Å². The van der Waals surface area contributed by atoms with Crippen molar-refractivity contribution in [1.29, 1.82) is 0 Å². The minimum Gasteiger partial charge on any atom is -0.324 e. The lowest BCUT2D eigenvalue weighted by Gasteiger charge is -2.29. The molecule has 0 fully saturated rings. The summed E-state index contributed by atoms with van der Waals surface area (Å²) in [5, 5.41) is 3.00. The Morgan fingerprint density at radius 2 is 1.32 bits per heavy atom. The number of anilines is 2. The zero-order chi connectivity index (χ0) is 21.1. The van der Waals surface area contributed by atoms with Gasteiger partial charge in [-0.15, -0.1) is 0 Å². The Morgan fingerprint density at radius 3 is 1.86 bits per heavy atom. The van der Waals surface area contributed by atoms with Crippen LogP contribution in [0.25, 0.3) is 0 Å². The van der Waals surface area contributed by atoms with Crippen molar-refractivity contribution in [2.75, 3.05) is 16.8 Å². The molecule has 0 aliphatic heterocycles. The lowest BCUT2D eigenvalue weighted by atomic mass is 9.85. The third-order valence-electron chi connectivity index (χ3n) is 4.69. The van der Waals surface area contributed by atoms with Gasteiger partial charge in [0.2, 0.25) is 11.8 Å². The number of hydrogen-bond acceptors (Lipinski definition) is 2. The lowest BCUT2D eigenvalue weighted by molar-refractivity contribution is -0.120. The maximum atomic E-state index is 12.8. The smallest absolute Gasteiger partial charge is 0.244 e. The van der Waals surface area contributed by atoms with Gasteiger partial charge in [-0.25, -0.2) is 0 Å². The monoisotopic (exact) mass is 380 g/mol. The van der Waals surface area contributed by atoms with Crippen molar-refractivity contribution in [2.45, 2.75) is 59.3 Å². The Morgan fingerprint density at radius 1 is 0.821 bits per heavy atom. The summed E-state index contributed by atoms with van der Waals surface area (Å²) in [6.07, 6.45) is 0. The third-order valence-corrected chi connectivity index (χ3v) is 4.69. The summed E-state index contributed by atoms with van der Waals surface area (Å²) in [5.74, 6) is -0.369. The van der Waals surface area contributed by atoms with Crippen LogP contribution in [0.4, 0.5) is 11.4 Å². The fourth-order valence-electron chi connectivity index (χ4n) is 3.29. The highest BCUT2D eigenvalue weighted by Gasteiger charge is 2.25. The van der Waals surface area contributed by atoms with E-state index in [1.165, 1.54) is 6.92 Å². The molecule has 2 aromatic rings. The van der Waals surface area contributed by atoms with Crippen LogP contribution in [0.5, 0.6) is 0 Å². The van der Waals surface area contributed by atoms with Crippen LogP contribution in [0, 0.1) is 0 Å². The van der Waals surface area contributed by atoms with E-state index in [0.29, 0.717) is 0 Å². The summed E-state index contributed by atoms with van der Waals surface area (Å²) in [7, 11) is 0. The average Bonchev–Trinajstić information content (AvgIpc) is 2.58. The van der Waals surface area contributed by atoms with Gasteiger partial charge < -0.3 is 10.2 Å². The number of benzene rings is 2. The number of rotatable bonds is 4. The Bertz CT molecular complexity index is 857. The molecule has 0 bridgehead atoms. The molecular weight excluding hydrogens is 348 g/mol.